The summed E-state index contributed by atoms with van der Waals surface area (Å²) in [6, 6.07) is 0. The van der Waals surface area contributed by atoms with Crippen molar-refractivity contribution < 1.29 is 38.4 Å². The number of hydrogen-bond donors (Lipinski definition) is 3. The predicted molar refractivity (Wildman–Crippen MR) is 113 cm³/mol. The highest BCUT2D eigenvalue weighted by atomic mass is 31.2. The van der Waals surface area contributed by atoms with Crippen LogP contribution in [0, 0.1) is 5.92 Å². The molecular formula is C21H41O8P. The first kappa shape index (κ1) is 26.2. The Labute approximate surface area is 180 Å². The van der Waals surface area contributed by atoms with E-state index in [1.54, 1.807) is 13.8 Å². The standard InChI is InChI=1S/C11H23O5P.C10H18O3/c1-11(2,17(13,14)15)6-3-10(12)9-4-7-16-8-5-9;1-3-7-11-9(5-1)13-10-6-2-4-8-12-10/h9-10,12H,3-8H2,1-2H3,(H2,13,14,15);9-10H,1-8H2. The van der Waals surface area contributed by atoms with Crippen molar-refractivity contribution in [1.29, 1.82) is 0 Å². The molecule has 0 radical (unpaired) electrons. The maximum atomic E-state index is 11.2. The van der Waals surface area contributed by atoms with Gasteiger partial charge in [0, 0.05) is 26.4 Å². The summed E-state index contributed by atoms with van der Waals surface area (Å²) in [5.41, 5.74) is 0. The van der Waals surface area contributed by atoms with Crippen molar-refractivity contribution in [2.75, 3.05) is 26.4 Å². The molecule has 0 spiro atoms. The fraction of sp³-hybridized carbons (Fsp3) is 1.00. The van der Waals surface area contributed by atoms with Crippen LogP contribution in [-0.2, 0) is 23.5 Å². The second-order valence-electron chi connectivity index (χ2n) is 9.14. The fourth-order valence-electron chi connectivity index (χ4n) is 3.79. The molecule has 0 bridgehead atoms. The Bertz CT molecular complexity index is 489. The highest BCUT2D eigenvalue weighted by Gasteiger charge is 2.38. The van der Waals surface area contributed by atoms with E-state index in [0.29, 0.717) is 26.1 Å². The van der Waals surface area contributed by atoms with Crippen LogP contribution in [0.3, 0.4) is 0 Å². The van der Waals surface area contributed by atoms with E-state index in [0.717, 1.165) is 38.9 Å². The van der Waals surface area contributed by atoms with E-state index in [9.17, 15) is 19.5 Å². The van der Waals surface area contributed by atoms with Crippen LogP contribution >= 0.6 is 7.60 Å². The summed E-state index contributed by atoms with van der Waals surface area (Å²) in [6.07, 6.45) is 8.78. The quantitative estimate of drug-likeness (QED) is 0.502. The topological polar surface area (TPSA) is 115 Å². The highest BCUT2D eigenvalue weighted by molar-refractivity contribution is 7.53. The van der Waals surface area contributed by atoms with Crippen molar-refractivity contribution in [3.05, 3.63) is 0 Å². The monoisotopic (exact) mass is 452 g/mol. The third-order valence-corrected chi connectivity index (χ3v) is 8.03. The third kappa shape index (κ3) is 9.21. The molecule has 0 aliphatic carbocycles. The fourth-order valence-corrected chi connectivity index (χ4v) is 4.21. The lowest BCUT2D eigenvalue weighted by Gasteiger charge is -2.30. The predicted octanol–water partition coefficient (Wildman–Crippen LogP) is 3.57. The number of hydrogen-bond acceptors (Lipinski definition) is 6. The SMILES string of the molecule is C1CCC(OC2CCCCO2)OC1.CC(C)(CCC(O)C1CCOCC1)P(=O)(O)O. The zero-order chi connectivity index (χ0) is 22.0. The molecule has 9 heteroatoms. The van der Waals surface area contributed by atoms with Gasteiger partial charge in [-0.25, -0.2) is 0 Å². The van der Waals surface area contributed by atoms with Gasteiger partial charge in [0.1, 0.15) is 0 Å². The van der Waals surface area contributed by atoms with E-state index in [1.807, 2.05) is 0 Å². The average molecular weight is 453 g/mol. The van der Waals surface area contributed by atoms with Crippen molar-refractivity contribution >= 4 is 7.60 Å². The largest absolute Gasteiger partial charge is 0.393 e. The molecule has 178 valence electrons. The number of rotatable bonds is 7. The summed E-state index contributed by atoms with van der Waals surface area (Å²) < 4.78 is 33.1. The Kier molecular flexibility index (Phi) is 11.2. The molecule has 3 N–H and O–H groups in total. The van der Waals surface area contributed by atoms with Gasteiger partial charge >= 0.3 is 7.60 Å². The van der Waals surface area contributed by atoms with Crippen LogP contribution in [-0.4, -0.2) is 65.2 Å². The zero-order valence-corrected chi connectivity index (χ0v) is 19.4. The summed E-state index contributed by atoms with van der Waals surface area (Å²) in [4.78, 5) is 18.4. The first-order valence-corrected chi connectivity index (χ1v) is 13.0. The third-order valence-electron chi connectivity index (χ3n) is 6.23. The van der Waals surface area contributed by atoms with Crippen LogP contribution in [0.4, 0.5) is 0 Å². The van der Waals surface area contributed by atoms with Gasteiger partial charge in [-0.15, -0.1) is 0 Å². The summed E-state index contributed by atoms with van der Waals surface area (Å²) in [5, 5.41) is 8.94. The lowest BCUT2D eigenvalue weighted by molar-refractivity contribution is -0.264. The van der Waals surface area contributed by atoms with Crippen LogP contribution in [0.15, 0.2) is 0 Å². The first-order valence-electron chi connectivity index (χ1n) is 11.4. The average Bonchev–Trinajstić information content (AvgIpc) is 2.74. The first-order chi connectivity index (χ1) is 14.2. The van der Waals surface area contributed by atoms with Crippen molar-refractivity contribution in [1.82, 2.24) is 0 Å². The van der Waals surface area contributed by atoms with Crippen molar-refractivity contribution in [2.45, 2.75) is 102 Å². The highest BCUT2D eigenvalue weighted by Crippen LogP contribution is 2.52. The molecule has 8 nitrogen and oxygen atoms in total. The molecule has 3 rings (SSSR count). The van der Waals surface area contributed by atoms with Gasteiger partial charge in [-0.2, -0.15) is 0 Å². The van der Waals surface area contributed by atoms with Gasteiger partial charge in [-0.3, -0.25) is 4.57 Å². The lowest BCUT2D eigenvalue weighted by atomic mass is 9.89. The van der Waals surface area contributed by atoms with Gasteiger partial charge in [0.05, 0.1) is 11.3 Å². The zero-order valence-electron chi connectivity index (χ0n) is 18.5. The van der Waals surface area contributed by atoms with Gasteiger partial charge in [-0.1, -0.05) is 0 Å². The van der Waals surface area contributed by atoms with E-state index >= 15 is 0 Å². The van der Waals surface area contributed by atoms with Crippen LogP contribution in [0.5, 0.6) is 0 Å². The Hall–Kier alpha value is -0.0500. The van der Waals surface area contributed by atoms with E-state index in [2.05, 4.69) is 0 Å². The van der Waals surface area contributed by atoms with E-state index < -0.39 is 18.9 Å². The smallest absolute Gasteiger partial charge is 0.331 e. The van der Waals surface area contributed by atoms with Crippen LogP contribution < -0.4 is 0 Å². The molecule has 3 aliphatic heterocycles. The summed E-state index contributed by atoms with van der Waals surface area (Å²) in [5.74, 6) is 0.205. The van der Waals surface area contributed by atoms with E-state index in [-0.39, 0.29) is 18.5 Å². The number of aliphatic hydroxyl groups excluding tert-OH is 1. The molecule has 0 aromatic carbocycles. The Morgan fingerprint density at radius 2 is 1.47 bits per heavy atom. The molecule has 3 aliphatic rings. The van der Waals surface area contributed by atoms with Gasteiger partial charge in [0.15, 0.2) is 12.6 Å². The molecule has 3 fully saturated rings. The molecule has 0 amide bonds. The molecule has 0 aromatic rings. The Morgan fingerprint density at radius 1 is 0.933 bits per heavy atom. The molecule has 0 aromatic heterocycles. The molecular weight excluding hydrogens is 411 g/mol. The normalized spacial score (nSPS) is 27.8. The minimum Gasteiger partial charge on any atom is -0.393 e. The van der Waals surface area contributed by atoms with Gasteiger partial charge in [0.25, 0.3) is 0 Å². The maximum absolute atomic E-state index is 11.2. The molecule has 3 heterocycles. The molecule has 0 saturated carbocycles. The van der Waals surface area contributed by atoms with Crippen LogP contribution in [0.25, 0.3) is 0 Å². The molecule has 3 unspecified atom stereocenters. The van der Waals surface area contributed by atoms with Crippen LogP contribution in [0.1, 0.15) is 78.1 Å². The second-order valence-corrected chi connectivity index (χ2v) is 11.4. The van der Waals surface area contributed by atoms with Crippen molar-refractivity contribution in [3.63, 3.8) is 0 Å². The van der Waals surface area contributed by atoms with Crippen molar-refractivity contribution in [2.24, 2.45) is 5.92 Å². The lowest BCUT2D eigenvalue weighted by Crippen LogP contribution is -2.31. The second kappa shape index (κ2) is 12.9. The molecule has 3 saturated heterocycles. The minimum atomic E-state index is -4.10. The van der Waals surface area contributed by atoms with Gasteiger partial charge < -0.3 is 33.8 Å². The van der Waals surface area contributed by atoms with Crippen molar-refractivity contribution in [3.8, 4) is 0 Å². The minimum absolute atomic E-state index is 0.00292. The summed E-state index contributed by atoms with van der Waals surface area (Å²) in [6.45, 7) is 6.12. The maximum Gasteiger partial charge on any atom is 0.331 e. The Morgan fingerprint density at radius 3 is 1.90 bits per heavy atom. The van der Waals surface area contributed by atoms with Gasteiger partial charge in [0.2, 0.25) is 0 Å². The molecule has 30 heavy (non-hydrogen) atoms. The summed E-state index contributed by atoms with van der Waals surface area (Å²) in [7, 11) is -4.10. The molecule has 3 atom stereocenters. The van der Waals surface area contributed by atoms with Crippen LogP contribution in [0.2, 0.25) is 0 Å². The summed E-state index contributed by atoms with van der Waals surface area (Å²) >= 11 is 0. The van der Waals surface area contributed by atoms with Gasteiger partial charge in [-0.05, 0) is 84.0 Å². The number of ether oxygens (including phenoxy) is 4. The van der Waals surface area contributed by atoms with E-state index in [1.165, 1.54) is 25.7 Å². The van der Waals surface area contributed by atoms with E-state index in [4.69, 9.17) is 18.9 Å². The number of aliphatic hydroxyl groups is 1. The Balaban J connectivity index is 0.000000220.